The summed E-state index contributed by atoms with van der Waals surface area (Å²) in [5, 5.41) is 0. The van der Waals surface area contributed by atoms with Crippen LogP contribution in [-0.2, 0) is 26.2 Å². The maximum absolute atomic E-state index is 3.07. The first kappa shape index (κ1) is 16.5. The zero-order chi connectivity index (χ0) is 4.24. The van der Waals surface area contributed by atoms with E-state index in [1.807, 2.05) is 12.2 Å². The van der Waals surface area contributed by atoms with E-state index in [0.29, 0.717) is 0 Å². The Hall–Kier alpha value is 0.943. The fourth-order valence-corrected chi connectivity index (χ4v) is 0.482. The Morgan fingerprint density at radius 2 is 1.89 bits per heavy atom. The molecule has 3 heteroatoms. The molecule has 0 spiro atoms. The number of halogens is 2. The van der Waals surface area contributed by atoms with Gasteiger partial charge >= 0.3 is 26.2 Å². The summed E-state index contributed by atoms with van der Waals surface area (Å²) in [5.41, 5.74) is 0. The van der Waals surface area contributed by atoms with Gasteiger partial charge in [-0.1, -0.05) is 6.42 Å². The molecule has 9 heavy (non-hydrogen) atoms. The second-order valence-corrected chi connectivity index (χ2v) is 1.34. The number of rotatable bonds is 0. The molecule has 0 saturated heterocycles. The second kappa shape index (κ2) is 11.7. The van der Waals surface area contributed by atoms with Crippen LogP contribution in [0.4, 0.5) is 0 Å². The van der Waals surface area contributed by atoms with E-state index < -0.39 is 0 Å². The molecule has 0 amide bonds. The van der Waals surface area contributed by atoms with Crippen molar-refractivity contribution >= 4 is 0 Å². The molecule has 1 radical (unpaired) electrons. The van der Waals surface area contributed by atoms with Gasteiger partial charge in [-0.15, -0.1) is 6.42 Å². The summed E-state index contributed by atoms with van der Waals surface area (Å²) >= 11 is 0. The molecule has 0 heterocycles. The van der Waals surface area contributed by atoms with Crippen molar-refractivity contribution in [3.05, 3.63) is 24.3 Å². The first-order valence-electron chi connectivity index (χ1n) is 2.22. The van der Waals surface area contributed by atoms with Gasteiger partial charge < -0.3 is 24.8 Å². The van der Waals surface area contributed by atoms with E-state index in [0.717, 1.165) is 6.42 Å². The molecule has 0 aromatic rings. The third-order valence-electron chi connectivity index (χ3n) is 0.806. The van der Waals surface area contributed by atoms with Crippen molar-refractivity contribution in [1.82, 2.24) is 0 Å². The van der Waals surface area contributed by atoms with Crippen molar-refractivity contribution in [2.24, 2.45) is 0 Å². The molecule has 0 unspecified atom stereocenters. The van der Waals surface area contributed by atoms with Crippen molar-refractivity contribution in [2.45, 2.75) is 12.8 Å². The standard InChI is InChI=1S/C6H7.2ClH.Zr/c1-2-4-6-5-3-1;;;/h1-3H,4,6H2;2*1H;/q-1;;;+3/p-2. The summed E-state index contributed by atoms with van der Waals surface area (Å²) < 4.78 is 0. The van der Waals surface area contributed by atoms with E-state index in [-0.39, 0.29) is 51.0 Å². The van der Waals surface area contributed by atoms with Crippen LogP contribution in [0.25, 0.3) is 0 Å². The summed E-state index contributed by atoms with van der Waals surface area (Å²) in [6, 6.07) is 0. The molecule has 49 valence electrons. The van der Waals surface area contributed by atoms with E-state index in [1.165, 1.54) is 6.42 Å². The number of hydrogen-bond acceptors (Lipinski definition) is 0. The molecule has 1 rings (SSSR count). The Bertz CT molecular complexity index is 77.1. The summed E-state index contributed by atoms with van der Waals surface area (Å²) in [6.45, 7) is 0. The summed E-state index contributed by atoms with van der Waals surface area (Å²) in [4.78, 5) is 0. The molecule has 1 aliphatic carbocycles. The molecule has 1 aliphatic rings. The zero-order valence-corrected chi connectivity index (χ0v) is 8.87. The average Bonchev–Trinajstić information content (AvgIpc) is 1.72. The molecule has 0 N–H and O–H groups in total. The monoisotopic (exact) mass is 239 g/mol. The second-order valence-electron chi connectivity index (χ2n) is 1.34. The molecule has 0 saturated carbocycles. The molecule has 0 atom stereocenters. The van der Waals surface area contributed by atoms with Crippen molar-refractivity contribution in [1.29, 1.82) is 0 Å². The minimum atomic E-state index is 0. The first-order valence-corrected chi connectivity index (χ1v) is 2.22. The molecule has 0 aliphatic heterocycles. The van der Waals surface area contributed by atoms with Gasteiger partial charge in [0.15, 0.2) is 0 Å². The average molecular weight is 241 g/mol. The van der Waals surface area contributed by atoms with E-state index >= 15 is 0 Å². The van der Waals surface area contributed by atoms with Crippen LogP contribution in [0, 0.1) is 6.08 Å². The normalized spacial score (nSPS) is 12.4. The minimum Gasteiger partial charge on any atom is -1.00 e. The molecule has 0 bridgehead atoms. The van der Waals surface area contributed by atoms with Crippen molar-refractivity contribution in [3.63, 3.8) is 0 Å². The van der Waals surface area contributed by atoms with Crippen LogP contribution in [0.2, 0.25) is 0 Å². The van der Waals surface area contributed by atoms with E-state index in [1.54, 1.807) is 0 Å². The fraction of sp³-hybridized carbons (Fsp3) is 0.333. The number of allylic oxidation sites excluding steroid dienone is 4. The quantitative estimate of drug-likeness (QED) is 0.377. The predicted molar refractivity (Wildman–Crippen MR) is 26.2 cm³/mol. The van der Waals surface area contributed by atoms with Gasteiger partial charge in [0.1, 0.15) is 0 Å². The van der Waals surface area contributed by atoms with Gasteiger partial charge in [0.2, 0.25) is 0 Å². The van der Waals surface area contributed by atoms with Crippen LogP contribution < -0.4 is 24.8 Å². The Balaban J connectivity index is -0.000000120. The summed E-state index contributed by atoms with van der Waals surface area (Å²) in [7, 11) is 0. The predicted octanol–water partition coefficient (Wildman–Crippen LogP) is -4.30. The third-order valence-corrected chi connectivity index (χ3v) is 0.806. The van der Waals surface area contributed by atoms with Gasteiger partial charge in [-0.3, -0.25) is 6.08 Å². The van der Waals surface area contributed by atoms with Crippen LogP contribution in [0.1, 0.15) is 12.8 Å². The Morgan fingerprint density at radius 1 is 1.22 bits per heavy atom. The van der Waals surface area contributed by atoms with Crippen molar-refractivity contribution in [3.8, 4) is 0 Å². The van der Waals surface area contributed by atoms with Crippen molar-refractivity contribution in [2.75, 3.05) is 0 Å². The van der Waals surface area contributed by atoms with Gasteiger partial charge in [-0.2, -0.15) is 6.08 Å². The smallest absolute Gasteiger partial charge is 1.00 e. The van der Waals surface area contributed by atoms with E-state index in [2.05, 4.69) is 12.2 Å². The Morgan fingerprint density at radius 3 is 2.00 bits per heavy atom. The summed E-state index contributed by atoms with van der Waals surface area (Å²) in [5.74, 6) is 0. The van der Waals surface area contributed by atoms with Crippen LogP contribution in [-0.4, -0.2) is 0 Å². The first-order chi connectivity index (χ1) is 3.00. The maximum Gasteiger partial charge on any atom is 3.00 e. The molecule has 0 aromatic carbocycles. The minimum absolute atomic E-state index is 0. The number of hydrogen-bond donors (Lipinski definition) is 0. The molecular formula is C6H7Cl2Zr. The van der Waals surface area contributed by atoms with Crippen LogP contribution in [0.3, 0.4) is 0 Å². The third kappa shape index (κ3) is 8.94. The molecule has 0 aromatic heterocycles. The van der Waals surface area contributed by atoms with Gasteiger partial charge in [0.05, 0.1) is 0 Å². The van der Waals surface area contributed by atoms with Gasteiger partial charge in [0.25, 0.3) is 0 Å². The molecule has 0 fully saturated rings. The van der Waals surface area contributed by atoms with Gasteiger partial charge in [0, 0.05) is 0 Å². The van der Waals surface area contributed by atoms with Crippen LogP contribution in [0.15, 0.2) is 18.2 Å². The van der Waals surface area contributed by atoms with Crippen LogP contribution in [0.5, 0.6) is 0 Å². The zero-order valence-electron chi connectivity index (χ0n) is 4.90. The Kier molecular flexibility index (Phi) is 21.5. The summed E-state index contributed by atoms with van der Waals surface area (Å²) in [6.07, 6.45) is 11.5. The maximum atomic E-state index is 3.07. The SMILES string of the molecule is [C-]1=CC=CCC1.[Cl-].[Cl-].[Zr+3]. The molecular weight excluding hydrogens is 234 g/mol. The topological polar surface area (TPSA) is 0 Å². The largest absolute Gasteiger partial charge is 3.00 e. The van der Waals surface area contributed by atoms with Gasteiger partial charge in [-0.25, -0.2) is 12.2 Å². The molecule has 0 nitrogen and oxygen atoms in total. The Labute approximate surface area is 87.7 Å². The van der Waals surface area contributed by atoms with Crippen LogP contribution >= 0.6 is 0 Å². The fourth-order valence-electron chi connectivity index (χ4n) is 0.482. The van der Waals surface area contributed by atoms with E-state index in [4.69, 9.17) is 0 Å². The van der Waals surface area contributed by atoms with Crippen molar-refractivity contribution < 1.29 is 51.0 Å². The van der Waals surface area contributed by atoms with Gasteiger partial charge in [-0.05, 0) is 0 Å². The van der Waals surface area contributed by atoms with E-state index in [9.17, 15) is 0 Å².